The minimum Gasteiger partial charge on any atom is -0.387 e. The standard InChI is InChI=1S/C6H12O3/c1-6(2)3-9-5(8)4(6)7/h4-5,7-8H,3H2,1-2H3/t4-,5+/m1/s1. The molecule has 3 nitrogen and oxygen atoms in total. The zero-order valence-electron chi connectivity index (χ0n) is 5.66. The minimum atomic E-state index is -0.986. The van der Waals surface area contributed by atoms with Gasteiger partial charge in [0, 0.05) is 5.41 Å². The lowest BCUT2D eigenvalue weighted by atomic mass is 9.90. The number of aliphatic hydroxyl groups excluding tert-OH is 2. The fraction of sp³-hybridized carbons (Fsp3) is 1.00. The third-order valence-electron chi connectivity index (χ3n) is 1.70. The van der Waals surface area contributed by atoms with Gasteiger partial charge in [-0.2, -0.15) is 0 Å². The van der Waals surface area contributed by atoms with Gasteiger partial charge in [0.2, 0.25) is 0 Å². The highest BCUT2D eigenvalue weighted by Crippen LogP contribution is 2.30. The summed E-state index contributed by atoms with van der Waals surface area (Å²) in [6.07, 6.45) is -1.72. The van der Waals surface area contributed by atoms with Gasteiger partial charge in [-0.25, -0.2) is 0 Å². The van der Waals surface area contributed by atoms with Crippen LogP contribution in [0, 0.1) is 5.41 Å². The van der Waals surface area contributed by atoms with Crippen LogP contribution in [0.3, 0.4) is 0 Å². The smallest absolute Gasteiger partial charge is 0.181 e. The fourth-order valence-electron chi connectivity index (χ4n) is 0.863. The molecule has 2 N–H and O–H groups in total. The van der Waals surface area contributed by atoms with Gasteiger partial charge in [-0.15, -0.1) is 0 Å². The quantitative estimate of drug-likeness (QED) is 0.476. The van der Waals surface area contributed by atoms with Crippen LogP contribution in [0.5, 0.6) is 0 Å². The van der Waals surface area contributed by atoms with Crippen molar-refractivity contribution >= 4 is 0 Å². The zero-order chi connectivity index (χ0) is 7.07. The van der Waals surface area contributed by atoms with E-state index in [2.05, 4.69) is 0 Å². The van der Waals surface area contributed by atoms with Gasteiger partial charge in [0.25, 0.3) is 0 Å². The summed E-state index contributed by atoms with van der Waals surface area (Å²) in [7, 11) is 0. The van der Waals surface area contributed by atoms with Gasteiger partial charge in [-0.3, -0.25) is 0 Å². The van der Waals surface area contributed by atoms with Crippen LogP contribution in [-0.4, -0.2) is 29.2 Å². The molecule has 0 unspecified atom stereocenters. The van der Waals surface area contributed by atoms with E-state index in [4.69, 9.17) is 14.9 Å². The van der Waals surface area contributed by atoms with Gasteiger partial charge >= 0.3 is 0 Å². The molecule has 1 rings (SSSR count). The summed E-state index contributed by atoms with van der Waals surface area (Å²) < 4.78 is 4.79. The Morgan fingerprint density at radius 2 is 2.00 bits per heavy atom. The van der Waals surface area contributed by atoms with Crippen LogP contribution in [0.2, 0.25) is 0 Å². The molecule has 0 aromatic heterocycles. The molecule has 0 amide bonds. The average molecular weight is 132 g/mol. The molecule has 1 heterocycles. The highest BCUT2D eigenvalue weighted by atomic mass is 16.6. The Labute approximate surface area is 54.3 Å². The molecule has 1 fully saturated rings. The monoisotopic (exact) mass is 132 g/mol. The molecule has 0 saturated carbocycles. The summed E-state index contributed by atoms with van der Waals surface area (Å²) in [4.78, 5) is 0. The van der Waals surface area contributed by atoms with Crippen molar-refractivity contribution in [3.05, 3.63) is 0 Å². The molecular formula is C6H12O3. The summed E-state index contributed by atoms with van der Waals surface area (Å²) in [5.41, 5.74) is -0.292. The largest absolute Gasteiger partial charge is 0.387 e. The Bertz CT molecular complexity index is 111. The van der Waals surface area contributed by atoms with E-state index in [1.807, 2.05) is 13.8 Å². The predicted octanol–water partition coefficient (Wildman–Crippen LogP) is -0.278. The number of ether oxygens (including phenoxy) is 1. The van der Waals surface area contributed by atoms with Crippen LogP contribution in [0.25, 0.3) is 0 Å². The molecule has 1 aliphatic heterocycles. The van der Waals surface area contributed by atoms with E-state index in [9.17, 15) is 0 Å². The fourth-order valence-corrected chi connectivity index (χ4v) is 0.863. The molecule has 9 heavy (non-hydrogen) atoms. The van der Waals surface area contributed by atoms with E-state index < -0.39 is 12.4 Å². The Hall–Kier alpha value is -0.120. The maximum atomic E-state index is 9.15. The second kappa shape index (κ2) is 1.94. The van der Waals surface area contributed by atoms with Gasteiger partial charge in [-0.05, 0) is 0 Å². The van der Waals surface area contributed by atoms with Gasteiger partial charge in [0.05, 0.1) is 6.61 Å². The minimum absolute atomic E-state index is 0.292. The molecule has 0 aromatic rings. The van der Waals surface area contributed by atoms with Crippen LogP contribution in [0.1, 0.15) is 13.8 Å². The van der Waals surface area contributed by atoms with E-state index in [1.54, 1.807) is 0 Å². The van der Waals surface area contributed by atoms with Crippen LogP contribution >= 0.6 is 0 Å². The van der Waals surface area contributed by atoms with E-state index in [-0.39, 0.29) is 5.41 Å². The first kappa shape index (κ1) is 6.99. The first-order chi connectivity index (χ1) is 4.04. The highest BCUT2D eigenvalue weighted by molar-refractivity contribution is 4.84. The lowest BCUT2D eigenvalue weighted by Gasteiger charge is -2.19. The van der Waals surface area contributed by atoms with Crippen LogP contribution in [0.4, 0.5) is 0 Å². The summed E-state index contributed by atoms with van der Waals surface area (Å²) in [6, 6.07) is 0. The topological polar surface area (TPSA) is 49.7 Å². The molecule has 0 bridgehead atoms. The van der Waals surface area contributed by atoms with Crippen molar-refractivity contribution in [3.8, 4) is 0 Å². The van der Waals surface area contributed by atoms with E-state index in [0.717, 1.165) is 0 Å². The second-order valence-electron chi connectivity index (χ2n) is 3.13. The normalized spacial score (nSPS) is 41.3. The van der Waals surface area contributed by atoms with E-state index in [1.165, 1.54) is 0 Å². The maximum Gasteiger partial charge on any atom is 0.181 e. The zero-order valence-corrected chi connectivity index (χ0v) is 5.66. The molecule has 0 aliphatic carbocycles. The molecular weight excluding hydrogens is 120 g/mol. The van der Waals surface area contributed by atoms with Gasteiger partial charge < -0.3 is 14.9 Å². The Balaban J connectivity index is 2.62. The Kier molecular flexibility index (Phi) is 1.50. The maximum absolute atomic E-state index is 9.15. The summed E-state index contributed by atoms with van der Waals surface area (Å²) >= 11 is 0. The molecule has 0 aromatic carbocycles. The summed E-state index contributed by atoms with van der Waals surface area (Å²) in [6.45, 7) is 4.14. The van der Waals surface area contributed by atoms with Crippen LogP contribution < -0.4 is 0 Å². The lowest BCUT2D eigenvalue weighted by Crippen LogP contribution is -2.31. The molecule has 1 aliphatic rings. The van der Waals surface area contributed by atoms with Crippen LogP contribution in [-0.2, 0) is 4.74 Å². The van der Waals surface area contributed by atoms with Gasteiger partial charge in [0.15, 0.2) is 6.29 Å². The third kappa shape index (κ3) is 1.08. The van der Waals surface area contributed by atoms with Crippen molar-refractivity contribution < 1.29 is 14.9 Å². The second-order valence-corrected chi connectivity index (χ2v) is 3.13. The molecule has 54 valence electrons. The predicted molar refractivity (Wildman–Crippen MR) is 31.7 cm³/mol. The summed E-state index contributed by atoms with van der Waals surface area (Å²) in [5.74, 6) is 0. The Morgan fingerprint density at radius 1 is 1.44 bits per heavy atom. The number of hydrogen-bond acceptors (Lipinski definition) is 3. The van der Waals surface area contributed by atoms with Crippen molar-refractivity contribution in [3.63, 3.8) is 0 Å². The van der Waals surface area contributed by atoms with Crippen molar-refractivity contribution in [1.82, 2.24) is 0 Å². The highest BCUT2D eigenvalue weighted by Gasteiger charge is 2.40. The number of aliphatic hydroxyl groups is 2. The van der Waals surface area contributed by atoms with Gasteiger partial charge in [0.1, 0.15) is 6.10 Å². The van der Waals surface area contributed by atoms with E-state index >= 15 is 0 Å². The molecule has 0 radical (unpaired) electrons. The first-order valence-electron chi connectivity index (χ1n) is 3.02. The summed E-state index contributed by atoms with van der Waals surface area (Å²) in [5, 5.41) is 18.0. The Morgan fingerprint density at radius 3 is 2.11 bits per heavy atom. The lowest BCUT2D eigenvalue weighted by molar-refractivity contribution is -0.111. The van der Waals surface area contributed by atoms with Crippen molar-refractivity contribution in [1.29, 1.82) is 0 Å². The average Bonchev–Trinajstić information content (AvgIpc) is 1.97. The SMILES string of the molecule is CC1(C)CO[C@H](O)[C@H]1O. The van der Waals surface area contributed by atoms with Crippen molar-refractivity contribution in [2.24, 2.45) is 5.41 Å². The third-order valence-corrected chi connectivity index (χ3v) is 1.70. The van der Waals surface area contributed by atoms with Crippen LogP contribution in [0.15, 0.2) is 0 Å². The van der Waals surface area contributed by atoms with Crippen molar-refractivity contribution in [2.45, 2.75) is 26.2 Å². The first-order valence-corrected chi connectivity index (χ1v) is 3.02. The number of rotatable bonds is 0. The molecule has 0 spiro atoms. The molecule has 2 atom stereocenters. The molecule has 1 saturated heterocycles. The number of hydrogen-bond donors (Lipinski definition) is 2. The van der Waals surface area contributed by atoms with Gasteiger partial charge in [-0.1, -0.05) is 13.8 Å². The molecule has 3 heteroatoms. The van der Waals surface area contributed by atoms with Crippen molar-refractivity contribution in [2.75, 3.05) is 6.61 Å². The van der Waals surface area contributed by atoms with E-state index in [0.29, 0.717) is 6.61 Å².